The summed E-state index contributed by atoms with van der Waals surface area (Å²) < 4.78 is 24.9. The Morgan fingerprint density at radius 2 is 0.840 bits per heavy atom. The molecule has 0 radical (unpaired) electrons. The summed E-state index contributed by atoms with van der Waals surface area (Å²) in [4.78, 5) is 53.5. The van der Waals surface area contributed by atoms with E-state index < -0.39 is 52.3 Å². The number of esters is 4. The zero-order valence-electron chi connectivity index (χ0n) is 31.8. The van der Waals surface area contributed by atoms with Crippen LogP contribution in [-0.4, -0.2) is 118 Å². The Morgan fingerprint density at radius 1 is 0.580 bits per heavy atom. The maximum Gasteiger partial charge on any atom is 0.320 e. The summed E-state index contributed by atoms with van der Waals surface area (Å²) in [5.41, 5.74) is 4.72. The number of ether oxygens (including phenoxy) is 4. The lowest BCUT2D eigenvalue weighted by molar-refractivity contribution is -0.162. The molecule has 0 aliphatic rings. The quantitative estimate of drug-likeness (QED) is 0.196. The highest BCUT2D eigenvalue weighted by molar-refractivity contribution is 5.76. The molecule has 17 heteroatoms. The first-order valence-electron chi connectivity index (χ1n) is 16.6. The van der Waals surface area contributed by atoms with Crippen LogP contribution in [0.5, 0.6) is 0 Å². The van der Waals surface area contributed by atoms with Crippen LogP contribution in [0.4, 0.5) is 0 Å². The fourth-order valence-corrected chi connectivity index (χ4v) is 4.56. The highest BCUT2D eigenvalue weighted by Gasteiger charge is 2.26. The maximum atomic E-state index is 12.6. The van der Waals surface area contributed by atoms with Crippen molar-refractivity contribution in [2.24, 2.45) is 5.73 Å². The molecular weight excluding hydrogens is 650 g/mol. The van der Waals surface area contributed by atoms with Gasteiger partial charge in [-0.05, 0) is 83.1 Å². The van der Waals surface area contributed by atoms with Gasteiger partial charge in [0.05, 0.1) is 50.7 Å². The second-order valence-corrected chi connectivity index (χ2v) is 16.3. The van der Waals surface area contributed by atoms with Crippen molar-refractivity contribution in [1.82, 2.24) is 39.8 Å². The molecule has 2 rings (SSSR count). The third-order valence-electron chi connectivity index (χ3n) is 5.88. The van der Waals surface area contributed by atoms with Gasteiger partial charge in [-0.25, -0.2) is 0 Å². The largest absolute Gasteiger partial charge is 0.459 e. The molecule has 0 unspecified atom stereocenters. The number of aromatic nitrogens is 6. The molecule has 0 aromatic carbocycles. The Hall–Kier alpha value is -3.96. The zero-order valence-corrected chi connectivity index (χ0v) is 31.8. The molecule has 2 aromatic rings. The van der Waals surface area contributed by atoms with Crippen LogP contribution < -0.4 is 5.73 Å². The first-order valence-corrected chi connectivity index (χ1v) is 16.6. The summed E-state index contributed by atoms with van der Waals surface area (Å²) >= 11 is 0. The standard InChI is InChI=1S/C33H57N9O8/c1-30(2,3)47-26(43)19-39(20-27(44)48-31(4,5)6)15-24-17-41(37-35-24)13-23(34)14-42-18-25(36-38-42)16-40(21-28(45)49-32(7,8)9)22-29(46)50-33(10,11)12/h17-18,23H,13-16,19-22,34H2,1-12H3. The van der Waals surface area contributed by atoms with Crippen LogP contribution in [0.3, 0.4) is 0 Å². The van der Waals surface area contributed by atoms with Crippen LogP contribution in [0.1, 0.15) is 94.5 Å². The predicted octanol–water partition coefficient (Wildman–Crippen LogP) is 1.87. The highest BCUT2D eigenvalue weighted by Crippen LogP contribution is 2.13. The smallest absolute Gasteiger partial charge is 0.320 e. The minimum atomic E-state index is -0.682. The van der Waals surface area contributed by atoms with E-state index in [0.717, 1.165) is 0 Å². The van der Waals surface area contributed by atoms with Crippen molar-refractivity contribution < 1.29 is 38.1 Å². The monoisotopic (exact) mass is 707 g/mol. The van der Waals surface area contributed by atoms with Crippen molar-refractivity contribution >= 4 is 23.9 Å². The molecule has 0 saturated heterocycles. The minimum Gasteiger partial charge on any atom is -0.459 e. The van der Waals surface area contributed by atoms with Crippen molar-refractivity contribution in [2.45, 2.75) is 138 Å². The lowest BCUT2D eigenvalue weighted by atomic mass is 10.2. The van der Waals surface area contributed by atoms with Gasteiger partial charge >= 0.3 is 23.9 Å². The summed E-state index contributed by atoms with van der Waals surface area (Å²) in [5, 5.41) is 16.7. The van der Waals surface area contributed by atoms with Gasteiger partial charge < -0.3 is 24.7 Å². The molecule has 0 saturated carbocycles. The third kappa shape index (κ3) is 18.7. The first kappa shape index (κ1) is 42.2. The molecule has 0 fully saturated rings. The maximum absolute atomic E-state index is 12.6. The van der Waals surface area contributed by atoms with Gasteiger partial charge in [0.15, 0.2) is 0 Å². The SMILES string of the molecule is CC(C)(C)OC(=O)CN(CC(=O)OC(C)(C)C)Cc1cn(CC(N)Cn2cc(CN(CC(=O)OC(C)(C)C)CC(=O)OC(C)(C)C)nn2)nn1. The minimum absolute atomic E-state index is 0.142. The van der Waals surface area contributed by atoms with Gasteiger partial charge in [0, 0.05) is 31.5 Å². The predicted molar refractivity (Wildman–Crippen MR) is 182 cm³/mol. The molecule has 0 amide bonds. The Balaban J connectivity index is 2.05. The van der Waals surface area contributed by atoms with Crippen molar-refractivity contribution in [3.05, 3.63) is 23.8 Å². The summed E-state index contributed by atoms with van der Waals surface area (Å²) in [6.45, 7) is 21.5. The van der Waals surface area contributed by atoms with Crippen molar-refractivity contribution in [3.63, 3.8) is 0 Å². The number of carbonyl (C=O) groups is 4. The molecule has 0 aliphatic heterocycles. The zero-order chi connectivity index (χ0) is 38.1. The summed E-state index contributed by atoms with van der Waals surface area (Å²) in [6, 6.07) is -0.446. The van der Waals surface area contributed by atoms with Gasteiger partial charge in [0.25, 0.3) is 0 Å². The summed E-state index contributed by atoms with van der Waals surface area (Å²) in [7, 11) is 0. The number of rotatable bonds is 16. The van der Waals surface area contributed by atoms with Crippen LogP contribution in [0.2, 0.25) is 0 Å². The number of carbonyl (C=O) groups excluding carboxylic acids is 4. The molecule has 2 heterocycles. The Labute approximate surface area is 295 Å². The summed E-state index contributed by atoms with van der Waals surface area (Å²) in [5.74, 6) is -1.94. The highest BCUT2D eigenvalue weighted by atomic mass is 16.6. The first-order chi connectivity index (χ1) is 22.7. The number of nitrogens with zero attached hydrogens (tertiary/aromatic N) is 8. The van der Waals surface area contributed by atoms with E-state index in [-0.39, 0.29) is 52.4 Å². The lowest BCUT2D eigenvalue weighted by Crippen LogP contribution is -2.39. The fourth-order valence-electron chi connectivity index (χ4n) is 4.56. The van der Waals surface area contributed by atoms with Crippen LogP contribution in [-0.2, 0) is 64.3 Å². The second kappa shape index (κ2) is 17.3. The Kier molecular flexibility index (Phi) is 14.6. The van der Waals surface area contributed by atoms with E-state index >= 15 is 0 Å². The summed E-state index contributed by atoms with van der Waals surface area (Å²) in [6.07, 6.45) is 3.38. The molecule has 0 bridgehead atoms. The van der Waals surface area contributed by atoms with Gasteiger partial charge in [-0.2, -0.15) is 0 Å². The molecule has 2 N–H and O–H groups in total. The molecule has 0 spiro atoms. The molecule has 0 aliphatic carbocycles. The van der Waals surface area contributed by atoms with E-state index in [9.17, 15) is 19.2 Å². The van der Waals surface area contributed by atoms with Crippen molar-refractivity contribution in [2.75, 3.05) is 26.2 Å². The van der Waals surface area contributed by atoms with Gasteiger partial charge in [0.1, 0.15) is 22.4 Å². The second-order valence-electron chi connectivity index (χ2n) is 16.3. The van der Waals surface area contributed by atoms with Gasteiger partial charge in [-0.1, -0.05) is 10.4 Å². The van der Waals surface area contributed by atoms with Crippen LogP contribution in [0.15, 0.2) is 12.4 Å². The van der Waals surface area contributed by atoms with Crippen LogP contribution in [0, 0.1) is 0 Å². The number of hydrogen-bond donors (Lipinski definition) is 1. The van der Waals surface area contributed by atoms with Gasteiger partial charge in [0.2, 0.25) is 0 Å². The van der Waals surface area contributed by atoms with E-state index in [1.54, 1.807) is 115 Å². The fraction of sp³-hybridized carbons (Fsp3) is 0.758. The molecule has 50 heavy (non-hydrogen) atoms. The van der Waals surface area contributed by atoms with E-state index in [1.165, 1.54) is 0 Å². The van der Waals surface area contributed by atoms with Crippen LogP contribution >= 0.6 is 0 Å². The molecule has 282 valence electrons. The molecular formula is C33H57N9O8. The topological polar surface area (TPSA) is 199 Å². The average molecular weight is 708 g/mol. The van der Waals surface area contributed by atoms with E-state index in [2.05, 4.69) is 20.6 Å². The molecule has 2 aromatic heterocycles. The normalized spacial score (nSPS) is 12.8. The van der Waals surface area contributed by atoms with E-state index in [1.807, 2.05) is 0 Å². The van der Waals surface area contributed by atoms with Gasteiger partial charge in [-0.15, -0.1) is 10.2 Å². The van der Waals surface area contributed by atoms with Crippen molar-refractivity contribution in [3.8, 4) is 0 Å². The van der Waals surface area contributed by atoms with E-state index in [4.69, 9.17) is 24.7 Å². The molecule has 17 nitrogen and oxygen atoms in total. The van der Waals surface area contributed by atoms with Crippen molar-refractivity contribution in [1.29, 1.82) is 0 Å². The van der Waals surface area contributed by atoms with Crippen LogP contribution in [0.25, 0.3) is 0 Å². The molecule has 0 atom stereocenters. The van der Waals surface area contributed by atoms with E-state index in [0.29, 0.717) is 11.4 Å². The number of nitrogens with two attached hydrogens (primary N) is 1. The Morgan fingerprint density at radius 3 is 1.08 bits per heavy atom. The number of hydrogen-bond acceptors (Lipinski definition) is 15. The third-order valence-corrected chi connectivity index (χ3v) is 5.88. The Bertz CT molecular complexity index is 1260. The average Bonchev–Trinajstić information content (AvgIpc) is 3.47. The van der Waals surface area contributed by atoms with Gasteiger partial charge in [-0.3, -0.25) is 38.3 Å². The lowest BCUT2D eigenvalue weighted by Gasteiger charge is -2.25.